The molecule has 0 saturated carbocycles. The Bertz CT molecular complexity index is 1160. The number of benzene rings is 2. The minimum absolute atomic E-state index is 0.0471. The molecule has 0 atom stereocenters. The lowest BCUT2D eigenvalue weighted by atomic mass is 9.87. The smallest absolute Gasteiger partial charge is 0.254 e. The molecule has 1 N–H and O–H groups in total. The molecule has 2 aromatic carbocycles. The minimum atomic E-state index is 0.0471. The highest BCUT2D eigenvalue weighted by atomic mass is 16.3. The van der Waals surface area contributed by atoms with Gasteiger partial charge in [0.05, 0.1) is 6.61 Å². The summed E-state index contributed by atoms with van der Waals surface area (Å²) in [6.07, 6.45) is 0. The van der Waals surface area contributed by atoms with Crippen molar-refractivity contribution in [2.75, 3.05) is 18.1 Å². The molecule has 2 heterocycles. The molecule has 0 amide bonds. The first kappa shape index (κ1) is 21.0. The molecule has 0 unspecified atom stereocenters. The monoisotopic (exact) mass is 415 g/mol. The SMILES string of the molecule is Cc1cc(N(CCO)Cc2ccccc2)n2nc(-c3ccc(C(C)(C)C)cc3)nc2n1. The average Bonchev–Trinajstić information content (AvgIpc) is 3.17. The number of fused-ring (bicyclic) bond motifs is 1. The van der Waals surface area contributed by atoms with E-state index in [-0.39, 0.29) is 12.0 Å². The summed E-state index contributed by atoms with van der Waals surface area (Å²) in [6.45, 7) is 9.76. The predicted octanol–water partition coefficient (Wildman–Crippen LogP) is 4.40. The van der Waals surface area contributed by atoms with Gasteiger partial charge in [0.2, 0.25) is 0 Å². The summed E-state index contributed by atoms with van der Waals surface area (Å²) in [5.74, 6) is 2.06. The zero-order valence-corrected chi connectivity index (χ0v) is 18.6. The fraction of sp³-hybridized carbons (Fsp3) is 0.320. The number of aliphatic hydroxyl groups is 1. The van der Waals surface area contributed by atoms with E-state index >= 15 is 0 Å². The molecule has 0 saturated heterocycles. The van der Waals surface area contributed by atoms with Gasteiger partial charge in [-0.3, -0.25) is 0 Å². The second-order valence-electron chi connectivity index (χ2n) is 8.86. The molecule has 0 aliphatic rings. The second-order valence-corrected chi connectivity index (χ2v) is 8.86. The molecule has 0 fully saturated rings. The average molecular weight is 416 g/mol. The van der Waals surface area contributed by atoms with E-state index < -0.39 is 0 Å². The number of aliphatic hydroxyl groups excluding tert-OH is 1. The normalized spacial score (nSPS) is 11.8. The summed E-state index contributed by atoms with van der Waals surface area (Å²) < 4.78 is 1.78. The highest BCUT2D eigenvalue weighted by Crippen LogP contribution is 2.26. The fourth-order valence-corrected chi connectivity index (χ4v) is 3.63. The van der Waals surface area contributed by atoms with Crippen LogP contribution in [0.2, 0.25) is 0 Å². The van der Waals surface area contributed by atoms with Crippen LogP contribution in [0.25, 0.3) is 17.2 Å². The Balaban J connectivity index is 1.75. The van der Waals surface area contributed by atoms with Crippen molar-refractivity contribution in [1.29, 1.82) is 0 Å². The number of aryl methyl sites for hydroxylation is 1. The minimum Gasteiger partial charge on any atom is -0.395 e. The van der Waals surface area contributed by atoms with Crippen LogP contribution in [0.15, 0.2) is 60.7 Å². The molecule has 160 valence electrons. The van der Waals surface area contributed by atoms with Gasteiger partial charge < -0.3 is 10.0 Å². The molecule has 6 heteroatoms. The topological polar surface area (TPSA) is 66.5 Å². The molecule has 4 aromatic rings. The van der Waals surface area contributed by atoms with E-state index in [0.29, 0.717) is 24.7 Å². The van der Waals surface area contributed by atoms with Gasteiger partial charge >= 0.3 is 0 Å². The van der Waals surface area contributed by atoms with E-state index in [4.69, 9.17) is 10.1 Å². The van der Waals surface area contributed by atoms with Gasteiger partial charge in [-0.15, -0.1) is 5.10 Å². The molecular weight excluding hydrogens is 386 g/mol. The maximum absolute atomic E-state index is 9.69. The van der Waals surface area contributed by atoms with Crippen LogP contribution in [0.5, 0.6) is 0 Å². The number of rotatable bonds is 6. The van der Waals surface area contributed by atoms with Crippen molar-refractivity contribution in [3.8, 4) is 11.4 Å². The number of aromatic nitrogens is 4. The highest BCUT2D eigenvalue weighted by Gasteiger charge is 2.18. The Morgan fingerprint density at radius 1 is 0.968 bits per heavy atom. The summed E-state index contributed by atoms with van der Waals surface area (Å²) in [4.78, 5) is 11.4. The van der Waals surface area contributed by atoms with Crippen LogP contribution in [0.3, 0.4) is 0 Å². The third kappa shape index (κ3) is 4.59. The number of hydrogen-bond donors (Lipinski definition) is 1. The van der Waals surface area contributed by atoms with E-state index in [1.165, 1.54) is 5.56 Å². The van der Waals surface area contributed by atoms with E-state index in [1.54, 1.807) is 4.52 Å². The Labute approximate surface area is 183 Å². The largest absolute Gasteiger partial charge is 0.395 e. The predicted molar refractivity (Wildman–Crippen MR) is 124 cm³/mol. The van der Waals surface area contributed by atoms with Gasteiger partial charge in [-0.2, -0.15) is 9.50 Å². The van der Waals surface area contributed by atoms with Crippen molar-refractivity contribution < 1.29 is 5.11 Å². The van der Waals surface area contributed by atoms with Gasteiger partial charge in [0.1, 0.15) is 5.82 Å². The first-order valence-electron chi connectivity index (χ1n) is 10.6. The summed E-state index contributed by atoms with van der Waals surface area (Å²) in [5.41, 5.74) is 4.35. The molecule has 0 aliphatic heterocycles. The lowest BCUT2D eigenvalue weighted by Gasteiger charge is -2.24. The summed E-state index contributed by atoms with van der Waals surface area (Å²) in [5, 5.41) is 14.5. The van der Waals surface area contributed by atoms with E-state index in [0.717, 1.165) is 22.6 Å². The second kappa shape index (κ2) is 8.47. The highest BCUT2D eigenvalue weighted by molar-refractivity contribution is 5.59. The van der Waals surface area contributed by atoms with Gasteiger partial charge in [0.25, 0.3) is 5.78 Å². The van der Waals surface area contributed by atoms with Crippen LogP contribution in [0, 0.1) is 6.92 Å². The van der Waals surface area contributed by atoms with Crippen LogP contribution in [0.1, 0.15) is 37.6 Å². The van der Waals surface area contributed by atoms with Crippen molar-refractivity contribution in [3.63, 3.8) is 0 Å². The summed E-state index contributed by atoms with van der Waals surface area (Å²) >= 11 is 0. The van der Waals surface area contributed by atoms with Crippen molar-refractivity contribution >= 4 is 11.6 Å². The Morgan fingerprint density at radius 2 is 1.68 bits per heavy atom. The van der Waals surface area contributed by atoms with Crippen molar-refractivity contribution in [2.24, 2.45) is 0 Å². The van der Waals surface area contributed by atoms with Gasteiger partial charge in [0.15, 0.2) is 5.82 Å². The van der Waals surface area contributed by atoms with Crippen LogP contribution in [-0.2, 0) is 12.0 Å². The fourth-order valence-electron chi connectivity index (χ4n) is 3.63. The van der Waals surface area contributed by atoms with Crippen LogP contribution in [0.4, 0.5) is 5.82 Å². The van der Waals surface area contributed by atoms with Gasteiger partial charge in [-0.05, 0) is 23.5 Å². The van der Waals surface area contributed by atoms with Gasteiger partial charge in [-0.1, -0.05) is 75.4 Å². The van der Waals surface area contributed by atoms with E-state index in [1.807, 2.05) is 31.2 Å². The molecule has 2 aromatic heterocycles. The van der Waals surface area contributed by atoms with Crippen LogP contribution < -0.4 is 4.90 Å². The Kier molecular flexibility index (Phi) is 5.74. The Morgan fingerprint density at radius 3 is 2.32 bits per heavy atom. The van der Waals surface area contributed by atoms with E-state index in [2.05, 4.69) is 67.1 Å². The first-order chi connectivity index (χ1) is 14.8. The molecule has 4 rings (SSSR count). The Hall–Kier alpha value is -3.25. The van der Waals surface area contributed by atoms with Crippen LogP contribution >= 0.6 is 0 Å². The number of anilines is 1. The number of hydrogen-bond acceptors (Lipinski definition) is 5. The molecule has 31 heavy (non-hydrogen) atoms. The lowest BCUT2D eigenvalue weighted by molar-refractivity contribution is 0.301. The molecule has 0 aliphatic carbocycles. The number of nitrogens with zero attached hydrogens (tertiary/aromatic N) is 5. The zero-order chi connectivity index (χ0) is 22.0. The van der Waals surface area contributed by atoms with Crippen molar-refractivity contribution in [3.05, 3.63) is 77.5 Å². The molecule has 0 radical (unpaired) electrons. The van der Waals surface area contributed by atoms with E-state index in [9.17, 15) is 5.11 Å². The maximum atomic E-state index is 9.69. The van der Waals surface area contributed by atoms with Crippen LogP contribution in [-0.4, -0.2) is 37.8 Å². The maximum Gasteiger partial charge on any atom is 0.254 e. The van der Waals surface area contributed by atoms with Crippen molar-refractivity contribution in [2.45, 2.75) is 39.7 Å². The zero-order valence-electron chi connectivity index (χ0n) is 18.6. The third-order valence-corrected chi connectivity index (χ3v) is 5.34. The molecule has 6 nitrogen and oxygen atoms in total. The molecular formula is C25H29N5O. The van der Waals surface area contributed by atoms with Gasteiger partial charge in [-0.25, -0.2) is 4.98 Å². The lowest BCUT2D eigenvalue weighted by Crippen LogP contribution is -2.28. The van der Waals surface area contributed by atoms with Gasteiger partial charge in [0, 0.05) is 30.4 Å². The summed E-state index contributed by atoms with van der Waals surface area (Å²) in [6, 6.07) is 20.6. The standard InChI is InChI=1S/C25H29N5O/c1-18-16-22(29(14-15-31)17-19-8-6-5-7-9-19)30-24(26-18)27-23(28-30)20-10-12-21(13-11-20)25(2,3)4/h5-13,16,31H,14-15,17H2,1-4H3. The first-order valence-corrected chi connectivity index (χ1v) is 10.6. The quantitative estimate of drug-likeness (QED) is 0.506. The molecule has 0 spiro atoms. The van der Waals surface area contributed by atoms with Crippen molar-refractivity contribution in [1.82, 2.24) is 19.6 Å². The molecule has 0 bridgehead atoms. The third-order valence-electron chi connectivity index (χ3n) is 5.34. The summed E-state index contributed by atoms with van der Waals surface area (Å²) in [7, 11) is 0.